The lowest BCUT2D eigenvalue weighted by Crippen LogP contribution is -2.12. The topological polar surface area (TPSA) is 44.7 Å². The molecule has 1 amide bonds. The molecule has 1 aliphatic heterocycles. The molecule has 5 heteroatoms. The molecule has 22 heavy (non-hydrogen) atoms. The van der Waals surface area contributed by atoms with Gasteiger partial charge in [0.05, 0.1) is 11.4 Å². The number of nitrogens with zero attached hydrogens (tertiary/aromatic N) is 2. The molecule has 2 aromatic carbocycles. The summed E-state index contributed by atoms with van der Waals surface area (Å²) in [6.45, 7) is 2.34. The summed E-state index contributed by atoms with van der Waals surface area (Å²) in [7, 11) is 0. The van der Waals surface area contributed by atoms with Crippen molar-refractivity contribution in [3.8, 4) is 0 Å². The van der Waals surface area contributed by atoms with E-state index in [0.29, 0.717) is 0 Å². The first kappa shape index (κ1) is 14.6. The first-order chi connectivity index (χ1) is 10.6. The number of carbonyl (C=O) groups is 1. The van der Waals surface area contributed by atoms with E-state index in [9.17, 15) is 4.79 Å². The van der Waals surface area contributed by atoms with Crippen molar-refractivity contribution < 1.29 is 4.79 Å². The Bertz CT molecular complexity index is 708. The molecule has 3 rings (SSSR count). The monoisotopic (exact) mass is 313 g/mol. The number of halogens is 1. The Kier molecular flexibility index (Phi) is 4.11. The van der Waals surface area contributed by atoms with Crippen molar-refractivity contribution in [2.24, 2.45) is 5.10 Å². The van der Waals surface area contributed by atoms with Crippen LogP contribution in [-0.2, 0) is 4.79 Å². The van der Waals surface area contributed by atoms with Gasteiger partial charge in [0.25, 0.3) is 0 Å². The minimum absolute atomic E-state index is 0.0723. The molecule has 4 nitrogen and oxygen atoms in total. The van der Waals surface area contributed by atoms with E-state index in [4.69, 9.17) is 11.6 Å². The molecule has 0 spiro atoms. The van der Waals surface area contributed by atoms with Crippen molar-refractivity contribution in [3.05, 3.63) is 59.1 Å². The van der Waals surface area contributed by atoms with Crippen LogP contribution >= 0.6 is 11.6 Å². The molecule has 0 fully saturated rings. The first-order valence-electron chi connectivity index (χ1n) is 7.10. The predicted octanol–water partition coefficient (Wildman–Crippen LogP) is 3.91. The lowest BCUT2D eigenvalue weighted by atomic mass is 10.1. The third-order valence-electron chi connectivity index (χ3n) is 3.46. The fourth-order valence-electron chi connectivity index (χ4n) is 2.41. The minimum atomic E-state index is -0.0723. The van der Waals surface area contributed by atoms with Gasteiger partial charge in [-0.1, -0.05) is 23.7 Å². The zero-order chi connectivity index (χ0) is 15.5. The standard InChI is InChI=1S/C17H16ClN3O/c1-12(22)19-15-6-8-16(9-7-15)21-11-10-17(20-21)13-2-4-14(18)5-3-13/h2-9H,10-11H2,1H3,(H,19,22). The molecule has 112 valence electrons. The van der Waals surface area contributed by atoms with E-state index in [1.165, 1.54) is 6.92 Å². The van der Waals surface area contributed by atoms with Crippen LogP contribution in [0.15, 0.2) is 53.6 Å². The van der Waals surface area contributed by atoms with Crippen LogP contribution in [0.5, 0.6) is 0 Å². The molecule has 1 heterocycles. The number of hydrogen-bond donors (Lipinski definition) is 1. The van der Waals surface area contributed by atoms with Gasteiger partial charge in [-0.25, -0.2) is 0 Å². The Morgan fingerprint density at radius 3 is 2.45 bits per heavy atom. The van der Waals surface area contributed by atoms with Gasteiger partial charge in [-0.15, -0.1) is 0 Å². The van der Waals surface area contributed by atoms with Crippen LogP contribution in [0.1, 0.15) is 18.9 Å². The van der Waals surface area contributed by atoms with Crippen LogP contribution in [0, 0.1) is 0 Å². The number of nitrogens with one attached hydrogen (secondary N) is 1. The number of hydrazone groups is 1. The van der Waals surface area contributed by atoms with Crippen LogP contribution in [0.25, 0.3) is 0 Å². The Morgan fingerprint density at radius 1 is 1.14 bits per heavy atom. The average molecular weight is 314 g/mol. The summed E-state index contributed by atoms with van der Waals surface area (Å²) >= 11 is 5.91. The van der Waals surface area contributed by atoms with Crippen LogP contribution in [0.3, 0.4) is 0 Å². The van der Waals surface area contributed by atoms with Gasteiger partial charge in [-0.05, 0) is 42.0 Å². The number of benzene rings is 2. The third-order valence-corrected chi connectivity index (χ3v) is 3.72. The second kappa shape index (κ2) is 6.20. The highest BCUT2D eigenvalue weighted by atomic mass is 35.5. The maximum Gasteiger partial charge on any atom is 0.221 e. The van der Waals surface area contributed by atoms with Gasteiger partial charge in [-0.2, -0.15) is 5.10 Å². The summed E-state index contributed by atoms with van der Waals surface area (Å²) in [5, 5.41) is 10.1. The Morgan fingerprint density at radius 2 is 1.82 bits per heavy atom. The van der Waals surface area contributed by atoms with Crippen LogP contribution in [0.4, 0.5) is 11.4 Å². The Balaban J connectivity index is 1.76. The highest BCUT2D eigenvalue weighted by molar-refractivity contribution is 6.30. The third kappa shape index (κ3) is 3.28. The summed E-state index contributed by atoms with van der Waals surface area (Å²) in [5.41, 5.74) is 3.96. The molecule has 1 aliphatic rings. The number of hydrogen-bond acceptors (Lipinski definition) is 3. The van der Waals surface area contributed by atoms with E-state index >= 15 is 0 Å². The van der Waals surface area contributed by atoms with E-state index in [1.807, 2.05) is 53.5 Å². The van der Waals surface area contributed by atoms with Crippen LogP contribution < -0.4 is 10.3 Å². The summed E-state index contributed by atoms with van der Waals surface area (Å²) in [6.07, 6.45) is 0.898. The van der Waals surface area contributed by atoms with Gasteiger partial charge in [0.15, 0.2) is 0 Å². The highest BCUT2D eigenvalue weighted by Crippen LogP contribution is 2.24. The van der Waals surface area contributed by atoms with E-state index < -0.39 is 0 Å². The molecule has 0 atom stereocenters. The largest absolute Gasteiger partial charge is 0.326 e. The zero-order valence-electron chi connectivity index (χ0n) is 12.2. The summed E-state index contributed by atoms with van der Waals surface area (Å²) in [5.74, 6) is -0.0723. The molecule has 0 bridgehead atoms. The summed E-state index contributed by atoms with van der Waals surface area (Å²) in [4.78, 5) is 11.0. The molecule has 0 aliphatic carbocycles. The first-order valence-corrected chi connectivity index (χ1v) is 7.48. The van der Waals surface area contributed by atoms with Crippen molar-refractivity contribution in [1.29, 1.82) is 0 Å². The summed E-state index contributed by atoms with van der Waals surface area (Å²) in [6, 6.07) is 15.4. The number of carbonyl (C=O) groups excluding carboxylic acids is 1. The molecular formula is C17H16ClN3O. The zero-order valence-corrected chi connectivity index (χ0v) is 13.0. The second-order valence-corrected chi connectivity index (χ2v) is 5.59. The van der Waals surface area contributed by atoms with Gasteiger partial charge < -0.3 is 5.32 Å². The van der Waals surface area contributed by atoms with Crippen molar-refractivity contribution >= 4 is 34.6 Å². The molecule has 1 N–H and O–H groups in total. The van der Waals surface area contributed by atoms with E-state index in [0.717, 1.165) is 40.6 Å². The molecular weight excluding hydrogens is 298 g/mol. The van der Waals surface area contributed by atoms with Gasteiger partial charge in [0.2, 0.25) is 5.91 Å². The smallest absolute Gasteiger partial charge is 0.221 e. The SMILES string of the molecule is CC(=O)Nc1ccc(N2CCC(c3ccc(Cl)cc3)=N2)cc1. The molecule has 0 radical (unpaired) electrons. The van der Waals surface area contributed by atoms with Gasteiger partial charge in [0.1, 0.15) is 0 Å². The predicted molar refractivity (Wildman–Crippen MR) is 90.7 cm³/mol. The van der Waals surface area contributed by atoms with Crippen molar-refractivity contribution in [1.82, 2.24) is 0 Å². The fraction of sp³-hybridized carbons (Fsp3) is 0.176. The maximum atomic E-state index is 11.0. The van der Waals surface area contributed by atoms with Crippen LogP contribution in [0.2, 0.25) is 5.02 Å². The molecule has 0 aromatic heterocycles. The van der Waals surface area contributed by atoms with Gasteiger partial charge >= 0.3 is 0 Å². The minimum Gasteiger partial charge on any atom is -0.326 e. The molecule has 0 saturated carbocycles. The Labute approximate surface area is 134 Å². The maximum absolute atomic E-state index is 11.0. The summed E-state index contributed by atoms with van der Waals surface area (Å²) < 4.78 is 0. The van der Waals surface area contributed by atoms with E-state index in [1.54, 1.807) is 0 Å². The molecule has 0 unspecified atom stereocenters. The number of amides is 1. The van der Waals surface area contributed by atoms with E-state index in [2.05, 4.69) is 10.4 Å². The highest BCUT2D eigenvalue weighted by Gasteiger charge is 2.17. The number of anilines is 2. The van der Waals surface area contributed by atoms with Crippen LogP contribution in [-0.4, -0.2) is 18.2 Å². The average Bonchev–Trinajstić information content (AvgIpc) is 2.98. The fourth-order valence-corrected chi connectivity index (χ4v) is 2.53. The molecule has 2 aromatic rings. The van der Waals surface area contributed by atoms with Crippen molar-refractivity contribution in [2.45, 2.75) is 13.3 Å². The van der Waals surface area contributed by atoms with Gasteiger partial charge in [-0.3, -0.25) is 9.80 Å². The molecule has 0 saturated heterocycles. The van der Waals surface area contributed by atoms with E-state index in [-0.39, 0.29) is 5.91 Å². The normalized spacial score (nSPS) is 13.9. The lowest BCUT2D eigenvalue weighted by molar-refractivity contribution is -0.114. The van der Waals surface area contributed by atoms with Crippen molar-refractivity contribution in [2.75, 3.05) is 16.9 Å². The number of rotatable bonds is 3. The van der Waals surface area contributed by atoms with Gasteiger partial charge in [0, 0.05) is 30.6 Å². The lowest BCUT2D eigenvalue weighted by Gasteiger charge is -2.14. The second-order valence-electron chi connectivity index (χ2n) is 5.15. The Hall–Kier alpha value is -2.33. The van der Waals surface area contributed by atoms with Crippen molar-refractivity contribution in [3.63, 3.8) is 0 Å². The quantitative estimate of drug-likeness (QED) is 0.933.